The molecule has 1 aliphatic rings. The second-order valence-electron chi connectivity index (χ2n) is 8.39. The Labute approximate surface area is 203 Å². The second-order valence-corrected chi connectivity index (χ2v) is 10.2. The molecule has 9 heteroatoms. The Kier molecular flexibility index (Phi) is 6.52. The summed E-state index contributed by atoms with van der Waals surface area (Å²) in [4.78, 5) is 17.0. The van der Waals surface area contributed by atoms with Crippen LogP contribution in [0, 0.1) is 0 Å². The Morgan fingerprint density at radius 2 is 1.91 bits per heavy atom. The number of sulfonamides is 1. The van der Waals surface area contributed by atoms with Crippen LogP contribution in [0.25, 0.3) is 11.0 Å². The molecule has 1 N–H and O–H groups in total. The van der Waals surface area contributed by atoms with Crippen molar-refractivity contribution in [2.45, 2.75) is 37.1 Å². The maximum Gasteiger partial charge on any atom is 0.277 e. The van der Waals surface area contributed by atoms with E-state index in [1.165, 1.54) is 16.6 Å². The highest BCUT2D eigenvalue weighted by Crippen LogP contribution is 2.30. The van der Waals surface area contributed by atoms with Crippen molar-refractivity contribution in [1.82, 2.24) is 14.6 Å². The highest BCUT2D eigenvalue weighted by Gasteiger charge is 2.41. The zero-order valence-electron chi connectivity index (χ0n) is 19.0. The first-order chi connectivity index (χ1) is 17.0. The van der Waals surface area contributed by atoms with E-state index in [9.17, 15) is 13.2 Å². The zero-order chi connectivity index (χ0) is 24.3. The van der Waals surface area contributed by atoms with E-state index in [1.807, 2.05) is 54.6 Å². The van der Waals surface area contributed by atoms with Crippen LogP contribution < -0.4 is 10.1 Å². The molecule has 1 amide bonds. The van der Waals surface area contributed by atoms with Crippen LogP contribution in [0.15, 0.2) is 88.6 Å². The Hall–Kier alpha value is -3.69. The molecule has 35 heavy (non-hydrogen) atoms. The molecule has 4 aromatic rings. The third-order valence-electron chi connectivity index (χ3n) is 5.98. The molecule has 2 aromatic heterocycles. The average Bonchev–Trinajstić information content (AvgIpc) is 3.55. The quantitative estimate of drug-likeness (QED) is 0.401. The fourth-order valence-corrected chi connectivity index (χ4v) is 5.79. The molecule has 5 rings (SSSR count). The zero-order valence-corrected chi connectivity index (χ0v) is 19.8. The van der Waals surface area contributed by atoms with Crippen LogP contribution >= 0.6 is 0 Å². The number of carbonyl (C=O) groups is 1. The normalized spacial score (nSPS) is 16.4. The summed E-state index contributed by atoms with van der Waals surface area (Å²) in [6.07, 6.45) is 4.13. The van der Waals surface area contributed by atoms with E-state index in [0.717, 1.165) is 11.1 Å². The Morgan fingerprint density at radius 1 is 1.09 bits per heavy atom. The van der Waals surface area contributed by atoms with Gasteiger partial charge in [-0.3, -0.25) is 9.78 Å². The highest BCUT2D eigenvalue weighted by molar-refractivity contribution is 7.89. The van der Waals surface area contributed by atoms with Gasteiger partial charge in [0.1, 0.15) is 24.0 Å². The fraction of sp³-hybridized carbons (Fsp3) is 0.231. The van der Waals surface area contributed by atoms with Crippen LogP contribution in [0.2, 0.25) is 0 Å². The number of ether oxygens (including phenoxy) is 1. The van der Waals surface area contributed by atoms with Crippen molar-refractivity contribution in [2.24, 2.45) is 0 Å². The van der Waals surface area contributed by atoms with Gasteiger partial charge in [-0.1, -0.05) is 42.5 Å². The lowest BCUT2D eigenvalue weighted by Crippen LogP contribution is -2.45. The van der Waals surface area contributed by atoms with Crippen molar-refractivity contribution in [3.8, 4) is 5.75 Å². The third kappa shape index (κ3) is 5.06. The van der Waals surface area contributed by atoms with Crippen LogP contribution in [0.4, 0.5) is 0 Å². The first-order valence-electron chi connectivity index (χ1n) is 11.4. The average molecular weight is 492 g/mol. The van der Waals surface area contributed by atoms with Crippen LogP contribution in [-0.4, -0.2) is 36.2 Å². The number of hydrogen-bond acceptors (Lipinski definition) is 6. The van der Waals surface area contributed by atoms with Crippen LogP contribution in [0.1, 0.15) is 24.0 Å². The van der Waals surface area contributed by atoms with E-state index in [0.29, 0.717) is 36.2 Å². The van der Waals surface area contributed by atoms with E-state index in [1.54, 1.807) is 12.3 Å². The molecule has 1 aliphatic heterocycles. The predicted molar refractivity (Wildman–Crippen MR) is 130 cm³/mol. The van der Waals surface area contributed by atoms with Gasteiger partial charge in [-0.2, -0.15) is 4.31 Å². The number of rotatable bonds is 8. The minimum Gasteiger partial charge on any atom is -0.489 e. The van der Waals surface area contributed by atoms with Gasteiger partial charge in [-0.15, -0.1) is 0 Å². The SMILES string of the molecule is O=C(NCc1cccc(OCc2ccccc2)c1)[C@@H]1CCCN1S(=O)(=O)c1cc2cnccc2o1. The lowest BCUT2D eigenvalue weighted by atomic mass is 10.2. The van der Waals surface area contributed by atoms with Gasteiger partial charge in [0, 0.05) is 36.9 Å². The van der Waals surface area contributed by atoms with Gasteiger partial charge in [0.2, 0.25) is 11.0 Å². The molecule has 8 nitrogen and oxygen atoms in total. The summed E-state index contributed by atoms with van der Waals surface area (Å²) in [5.41, 5.74) is 2.36. The molecule has 1 atom stereocenters. The molecule has 1 fully saturated rings. The number of carbonyl (C=O) groups excluding carboxylic acids is 1. The van der Waals surface area contributed by atoms with Crippen molar-refractivity contribution in [1.29, 1.82) is 0 Å². The van der Waals surface area contributed by atoms with Gasteiger partial charge in [0.15, 0.2) is 0 Å². The molecular weight excluding hydrogens is 466 g/mol. The summed E-state index contributed by atoms with van der Waals surface area (Å²) >= 11 is 0. The summed E-state index contributed by atoms with van der Waals surface area (Å²) in [6, 6.07) is 19.6. The highest BCUT2D eigenvalue weighted by atomic mass is 32.2. The molecular formula is C26H25N3O5S. The number of pyridine rings is 1. The molecule has 0 spiro atoms. The van der Waals surface area contributed by atoms with Gasteiger partial charge in [0.25, 0.3) is 10.0 Å². The van der Waals surface area contributed by atoms with Crippen LogP contribution in [0.5, 0.6) is 5.75 Å². The van der Waals surface area contributed by atoms with Gasteiger partial charge in [-0.05, 0) is 42.2 Å². The summed E-state index contributed by atoms with van der Waals surface area (Å²) in [6.45, 7) is 0.976. The van der Waals surface area contributed by atoms with Gasteiger partial charge >= 0.3 is 0 Å². The topological polar surface area (TPSA) is 102 Å². The van der Waals surface area contributed by atoms with Crippen molar-refractivity contribution < 1.29 is 22.4 Å². The van der Waals surface area contributed by atoms with E-state index >= 15 is 0 Å². The number of amides is 1. The maximum atomic E-state index is 13.2. The monoisotopic (exact) mass is 491 g/mol. The number of nitrogens with zero attached hydrogens (tertiary/aromatic N) is 2. The van der Waals surface area contributed by atoms with Crippen LogP contribution in [-0.2, 0) is 28.0 Å². The number of nitrogens with one attached hydrogen (secondary N) is 1. The second kappa shape index (κ2) is 9.89. The first-order valence-corrected chi connectivity index (χ1v) is 12.8. The number of furan rings is 1. The van der Waals surface area contributed by atoms with E-state index < -0.39 is 16.1 Å². The largest absolute Gasteiger partial charge is 0.489 e. The van der Waals surface area contributed by atoms with Crippen molar-refractivity contribution in [2.75, 3.05) is 6.54 Å². The summed E-state index contributed by atoms with van der Waals surface area (Å²) in [7, 11) is -3.96. The molecule has 1 saturated heterocycles. The fourth-order valence-electron chi connectivity index (χ4n) is 4.19. The van der Waals surface area contributed by atoms with Crippen LogP contribution in [0.3, 0.4) is 0 Å². The molecule has 0 radical (unpaired) electrons. The van der Waals surface area contributed by atoms with Crippen molar-refractivity contribution in [3.63, 3.8) is 0 Å². The number of aromatic nitrogens is 1. The molecule has 3 heterocycles. The molecule has 0 bridgehead atoms. The van der Waals surface area contributed by atoms with Gasteiger partial charge in [0.05, 0.1) is 0 Å². The van der Waals surface area contributed by atoms with Gasteiger partial charge in [-0.25, -0.2) is 8.42 Å². The van der Waals surface area contributed by atoms with Crippen molar-refractivity contribution in [3.05, 3.63) is 90.3 Å². The Morgan fingerprint density at radius 3 is 2.74 bits per heavy atom. The molecule has 0 saturated carbocycles. The van der Waals surface area contributed by atoms with E-state index in [-0.39, 0.29) is 24.1 Å². The summed E-state index contributed by atoms with van der Waals surface area (Å²) in [5.74, 6) is 0.365. The molecule has 180 valence electrons. The standard InChI is InChI=1S/C26H25N3O5S/c30-26(28-16-20-8-4-9-22(14-20)33-18-19-6-2-1-3-7-19)23-10-5-13-29(23)35(31,32)25-15-21-17-27-12-11-24(21)34-25/h1-4,6-9,11-12,14-15,17,23H,5,10,13,16,18H2,(H,28,30)/t23-/m0/s1. The minimum absolute atomic E-state index is 0.177. The smallest absolute Gasteiger partial charge is 0.277 e. The molecule has 0 aliphatic carbocycles. The van der Waals surface area contributed by atoms with Crippen molar-refractivity contribution >= 4 is 26.9 Å². The van der Waals surface area contributed by atoms with Gasteiger partial charge < -0.3 is 14.5 Å². The van der Waals surface area contributed by atoms with E-state index in [4.69, 9.17) is 9.15 Å². The summed E-state index contributed by atoms with van der Waals surface area (Å²) in [5, 5.41) is 3.30. The first kappa shape index (κ1) is 23.1. The minimum atomic E-state index is -3.96. The Bertz CT molecular complexity index is 1400. The lowest BCUT2D eigenvalue weighted by Gasteiger charge is -2.22. The summed E-state index contributed by atoms with van der Waals surface area (Å²) < 4.78 is 39.1. The van der Waals surface area contributed by atoms with E-state index in [2.05, 4.69) is 10.3 Å². The number of benzene rings is 2. The Balaban J connectivity index is 1.23. The molecule has 2 aromatic carbocycles. The maximum absolute atomic E-state index is 13.2. The number of hydrogen-bond donors (Lipinski definition) is 1. The molecule has 0 unspecified atom stereocenters. The number of fused-ring (bicyclic) bond motifs is 1. The third-order valence-corrected chi connectivity index (χ3v) is 7.74. The predicted octanol–water partition coefficient (Wildman–Crippen LogP) is 3.88. The lowest BCUT2D eigenvalue weighted by molar-refractivity contribution is -0.124.